The fourth-order valence-corrected chi connectivity index (χ4v) is 5.40. The van der Waals surface area contributed by atoms with Crippen LogP contribution in [-0.4, -0.2) is 47.1 Å². The number of methoxy groups -OCH3 is 1. The van der Waals surface area contributed by atoms with Crippen molar-refractivity contribution >= 4 is 29.1 Å². The van der Waals surface area contributed by atoms with Crippen LogP contribution in [0.5, 0.6) is 11.5 Å². The zero-order chi connectivity index (χ0) is 27.4. The minimum absolute atomic E-state index is 0.114. The summed E-state index contributed by atoms with van der Waals surface area (Å²) in [5.41, 5.74) is 6.00. The monoisotopic (exact) mass is 535 g/mol. The van der Waals surface area contributed by atoms with Crippen LogP contribution in [0.15, 0.2) is 34.5 Å². The third-order valence-corrected chi connectivity index (χ3v) is 7.54. The lowest BCUT2D eigenvalue weighted by Crippen LogP contribution is -2.29. The van der Waals surface area contributed by atoms with Gasteiger partial charge in [-0.05, 0) is 63.5 Å². The highest BCUT2D eigenvalue weighted by atomic mass is 32.1. The van der Waals surface area contributed by atoms with Crippen molar-refractivity contribution < 1.29 is 19.1 Å². The van der Waals surface area contributed by atoms with E-state index in [-0.39, 0.29) is 18.3 Å². The number of fused-ring (bicyclic) bond motifs is 3. The van der Waals surface area contributed by atoms with Crippen molar-refractivity contribution in [3.63, 3.8) is 0 Å². The van der Waals surface area contributed by atoms with Gasteiger partial charge in [-0.1, -0.05) is 18.6 Å². The number of Topliss-reactive ketones (excluding diaryl/α,β-unsaturated/α-hetero) is 1. The number of ketones is 1. The number of carbonyl (C=O) groups is 2. The molecule has 2 aromatic heterocycles. The van der Waals surface area contributed by atoms with Crippen LogP contribution in [0.1, 0.15) is 75.0 Å². The van der Waals surface area contributed by atoms with Gasteiger partial charge in [-0.15, -0.1) is 0 Å². The molecule has 1 unspecified atom stereocenters. The van der Waals surface area contributed by atoms with Crippen molar-refractivity contribution in [2.45, 2.75) is 60.0 Å². The predicted molar refractivity (Wildman–Crippen MR) is 152 cm³/mol. The minimum atomic E-state index is -0.114. The Bertz CT molecular complexity index is 1340. The highest BCUT2D eigenvalue weighted by Gasteiger charge is 2.32. The number of aromatic nitrogens is 2. The summed E-state index contributed by atoms with van der Waals surface area (Å²) >= 11 is 1.59. The fraction of sp³-hybridized carbons (Fsp3) is 0.433. The lowest BCUT2D eigenvalue weighted by molar-refractivity contribution is -0.117. The van der Waals surface area contributed by atoms with Crippen molar-refractivity contribution in [3.05, 3.63) is 51.4 Å². The van der Waals surface area contributed by atoms with Crippen molar-refractivity contribution in [1.82, 2.24) is 14.7 Å². The molecule has 3 heterocycles. The standard InChI is InChI=1S/C30H37N3O4S/c1-19(2)14-22-15-24-27(16-26(22)36-6)37-17-25-28(31-33(29(24)25)23-11-13-38-18-23)30(35)32(5)12-7-8-20(3)9-10-21(4)34/h11,13-16,18,20H,7-10,12,17H2,1-6H3. The number of allylic oxidation sites excluding steroid dienone is 1. The van der Waals surface area contributed by atoms with Gasteiger partial charge in [0.15, 0.2) is 5.69 Å². The van der Waals surface area contributed by atoms with Crippen molar-refractivity contribution in [1.29, 1.82) is 0 Å². The van der Waals surface area contributed by atoms with E-state index < -0.39 is 0 Å². The van der Waals surface area contributed by atoms with E-state index in [9.17, 15) is 9.59 Å². The summed E-state index contributed by atoms with van der Waals surface area (Å²) in [7, 11) is 3.48. The molecule has 8 heteroatoms. The fourth-order valence-electron chi connectivity index (χ4n) is 4.79. The molecule has 0 radical (unpaired) electrons. The first-order valence-corrected chi connectivity index (χ1v) is 14.0. The van der Waals surface area contributed by atoms with Gasteiger partial charge in [0, 0.05) is 48.2 Å². The molecule has 0 N–H and O–H groups in total. The van der Waals surface area contributed by atoms with Crippen LogP contribution in [0.2, 0.25) is 0 Å². The molecule has 1 atom stereocenters. The maximum absolute atomic E-state index is 13.6. The maximum atomic E-state index is 13.6. The smallest absolute Gasteiger partial charge is 0.274 e. The summed E-state index contributed by atoms with van der Waals surface area (Å²) in [5.74, 6) is 2.01. The van der Waals surface area contributed by atoms with Gasteiger partial charge in [-0.2, -0.15) is 16.4 Å². The molecule has 0 bridgehead atoms. The molecule has 4 rings (SSSR count). The second-order valence-corrected chi connectivity index (χ2v) is 11.2. The number of hydrogen-bond acceptors (Lipinski definition) is 6. The molecule has 0 aliphatic carbocycles. The van der Waals surface area contributed by atoms with Crippen LogP contribution in [0.3, 0.4) is 0 Å². The molecule has 1 aromatic carbocycles. The number of benzene rings is 1. The van der Waals surface area contributed by atoms with Gasteiger partial charge in [0.25, 0.3) is 5.91 Å². The largest absolute Gasteiger partial charge is 0.496 e. The molecule has 202 valence electrons. The van der Waals surface area contributed by atoms with Crippen LogP contribution in [-0.2, 0) is 11.4 Å². The maximum Gasteiger partial charge on any atom is 0.274 e. The first kappa shape index (κ1) is 27.6. The Morgan fingerprint density at radius 2 is 2.05 bits per heavy atom. The summed E-state index contributed by atoms with van der Waals surface area (Å²) in [5, 5.41) is 8.89. The Balaban J connectivity index is 1.66. The molecular weight excluding hydrogens is 498 g/mol. The van der Waals surface area contributed by atoms with Gasteiger partial charge < -0.3 is 19.2 Å². The van der Waals surface area contributed by atoms with Crippen LogP contribution in [0, 0.1) is 5.92 Å². The summed E-state index contributed by atoms with van der Waals surface area (Å²) < 4.78 is 13.7. The zero-order valence-electron chi connectivity index (χ0n) is 23.2. The molecule has 0 saturated heterocycles. The van der Waals surface area contributed by atoms with Crippen LogP contribution in [0.4, 0.5) is 0 Å². The second kappa shape index (κ2) is 12.0. The lowest BCUT2D eigenvalue weighted by atomic mass is 9.98. The van der Waals surface area contributed by atoms with Gasteiger partial charge in [0.1, 0.15) is 23.9 Å². The van der Waals surface area contributed by atoms with E-state index in [0.29, 0.717) is 30.3 Å². The molecule has 0 spiro atoms. The Hall–Kier alpha value is -3.39. The molecule has 3 aromatic rings. The highest BCUT2D eigenvalue weighted by Crippen LogP contribution is 2.44. The molecule has 7 nitrogen and oxygen atoms in total. The average molecular weight is 536 g/mol. The number of ether oxygens (including phenoxy) is 2. The normalized spacial score (nSPS) is 12.7. The van der Waals surface area contributed by atoms with Crippen LogP contribution < -0.4 is 9.47 Å². The summed E-state index contributed by atoms with van der Waals surface area (Å²) in [6, 6.07) is 5.98. The van der Waals surface area contributed by atoms with E-state index in [0.717, 1.165) is 58.7 Å². The summed E-state index contributed by atoms with van der Waals surface area (Å²) in [4.78, 5) is 26.7. The predicted octanol–water partition coefficient (Wildman–Crippen LogP) is 6.78. The minimum Gasteiger partial charge on any atom is -0.496 e. The van der Waals surface area contributed by atoms with Crippen LogP contribution >= 0.6 is 11.3 Å². The van der Waals surface area contributed by atoms with Gasteiger partial charge >= 0.3 is 0 Å². The van der Waals surface area contributed by atoms with Gasteiger partial charge in [-0.25, -0.2) is 4.68 Å². The Labute approximate surface area is 229 Å². The van der Waals surface area contributed by atoms with E-state index in [1.807, 2.05) is 48.5 Å². The Morgan fingerprint density at radius 3 is 2.71 bits per heavy atom. The van der Waals surface area contributed by atoms with Gasteiger partial charge in [0.05, 0.1) is 18.5 Å². The van der Waals surface area contributed by atoms with Crippen LogP contribution in [0.25, 0.3) is 23.0 Å². The lowest BCUT2D eigenvalue weighted by Gasteiger charge is -2.22. The molecule has 38 heavy (non-hydrogen) atoms. The Morgan fingerprint density at radius 1 is 1.26 bits per heavy atom. The number of nitrogens with zero attached hydrogens (tertiary/aromatic N) is 3. The number of hydrogen-bond donors (Lipinski definition) is 0. The van der Waals surface area contributed by atoms with E-state index in [1.54, 1.807) is 30.3 Å². The van der Waals surface area contributed by atoms with Crippen molar-refractivity contribution in [2.24, 2.45) is 5.92 Å². The quantitative estimate of drug-likeness (QED) is 0.270. The van der Waals surface area contributed by atoms with Gasteiger partial charge in [-0.3, -0.25) is 4.79 Å². The first-order valence-electron chi connectivity index (χ1n) is 13.1. The summed E-state index contributed by atoms with van der Waals surface area (Å²) in [6.07, 6.45) is 5.43. The number of rotatable bonds is 11. The molecule has 0 saturated carbocycles. The van der Waals surface area contributed by atoms with E-state index >= 15 is 0 Å². The molecule has 1 aliphatic rings. The molecule has 0 fully saturated rings. The number of amides is 1. The Kier molecular flexibility index (Phi) is 8.72. The third kappa shape index (κ3) is 6.01. The van der Waals surface area contributed by atoms with Gasteiger partial charge in [0.2, 0.25) is 0 Å². The average Bonchev–Trinajstić information content (AvgIpc) is 3.54. The van der Waals surface area contributed by atoms with E-state index in [2.05, 4.69) is 19.1 Å². The van der Waals surface area contributed by atoms with Crippen molar-refractivity contribution in [3.8, 4) is 28.4 Å². The van der Waals surface area contributed by atoms with E-state index in [4.69, 9.17) is 14.6 Å². The molecule has 1 amide bonds. The number of thiophene rings is 1. The highest BCUT2D eigenvalue weighted by molar-refractivity contribution is 7.08. The zero-order valence-corrected chi connectivity index (χ0v) is 24.0. The number of carbonyl (C=O) groups excluding carboxylic acids is 2. The molecular formula is C30H37N3O4S. The first-order chi connectivity index (χ1) is 18.2. The molecule has 1 aliphatic heterocycles. The second-order valence-electron chi connectivity index (χ2n) is 10.4. The van der Waals surface area contributed by atoms with E-state index in [1.165, 1.54) is 0 Å². The van der Waals surface area contributed by atoms with Crippen molar-refractivity contribution in [2.75, 3.05) is 20.7 Å². The summed E-state index contributed by atoms with van der Waals surface area (Å²) in [6.45, 7) is 8.78. The topological polar surface area (TPSA) is 73.7 Å². The SMILES string of the molecule is COc1cc2c(cc1C=C(C)C)-c1c(c(C(=O)N(C)CCCC(C)CCC(C)=O)nn1-c1ccsc1)CO2. The third-order valence-electron chi connectivity index (χ3n) is 6.87.